The van der Waals surface area contributed by atoms with E-state index in [2.05, 4.69) is 15.9 Å². The van der Waals surface area contributed by atoms with Crippen LogP contribution in [0.15, 0.2) is 23.1 Å². The number of ketones is 1. The molecule has 0 amide bonds. The molecule has 0 aliphatic rings. The number of rotatable bonds is 3. The fourth-order valence-corrected chi connectivity index (χ4v) is 2.18. The first kappa shape index (κ1) is 14.6. The van der Waals surface area contributed by atoms with Crippen molar-refractivity contribution >= 4 is 33.5 Å². The zero-order chi connectivity index (χ0) is 13.2. The van der Waals surface area contributed by atoms with E-state index >= 15 is 0 Å². The molecule has 0 aromatic heterocycles. The third-order valence-electron chi connectivity index (χ3n) is 2.19. The minimum Gasteiger partial charge on any atom is -0.298 e. The second kappa shape index (κ2) is 5.44. The molecule has 0 saturated heterocycles. The van der Waals surface area contributed by atoms with Crippen molar-refractivity contribution in [1.29, 1.82) is 0 Å². The molecular weight excluding hydrogens is 317 g/mol. The third-order valence-corrected chi connectivity index (χ3v) is 4.06. The fraction of sp³-hybridized carbons (Fsp3) is 0.364. The van der Waals surface area contributed by atoms with Gasteiger partial charge in [0.15, 0.2) is 0 Å². The molecule has 1 nitrogen and oxygen atoms in total. The SMILES string of the molecule is CSc1ccc(C(F)(F)F)c(C(Br)C(C)=O)c1. The summed E-state index contributed by atoms with van der Waals surface area (Å²) >= 11 is 4.33. The summed E-state index contributed by atoms with van der Waals surface area (Å²) in [5, 5.41) is 0. The molecule has 1 unspecified atom stereocenters. The second-order valence-electron chi connectivity index (χ2n) is 3.42. The molecule has 1 aromatic rings. The maximum Gasteiger partial charge on any atom is 0.416 e. The van der Waals surface area contributed by atoms with Gasteiger partial charge in [-0.2, -0.15) is 13.2 Å². The van der Waals surface area contributed by atoms with Crippen LogP contribution in [0.5, 0.6) is 0 Å². The summed E-state index contributed by atoms with van der Waals surface area (Å²) in [7, 11) is 0. The molecule has 0 bridgehead atoms. The van der Waals surface area contributed by atoms with E-state index in [1.165, 1.54) is 30.8 Å². The van der Waals surface area contributed by atoms with Gasteiger partial charge in [0.25, 0.3) is 0 Å². The van der Waals surface area contributed by atoms with Gasteiger partial charge in [-0.15, -0.1) is 11.8 Å². The molecule has 0 saturated carbocycles. The Morgan fingerprint density at radius 3 is 2.41 bits per heavy atom. The molecule has 0 N–H and O–H groups in total. The summed E-state index contributed by atoms with van der Waals surface area (Å²) in [5.41, 5.74) is -0.802. The molecule has 0 aliphatic heterocycles. The smallest absolute Gasteiger partial charge is 0.298 e. The molecule has 0 heterocycles. The first-order chi connectivity index (χ1) is 7.77. The van der Waals surface area contributed by atoms with Gasteiger partial charge in [0, 0.05) is 4.90 Å². The number of halogens is 4. The van der Waals surface area contributed by atoms with Crippen molar-refractivity contribution in [3.8, 4) is 0 Å². The lowest BCUT2D eigenvalue weighted by molar-refractivity contribution is -0.138. The molecule has 0 radical (unpaired) electrons. The van der Waals surface area contributed by atoms with E-state index in [4.69, 9.17) is 0 Å². The van der Waals surface area contributed by atoms with Crippen molar-refractivity contribution in [2.24, 2.45) is 0 Å². The monoisotopic (exact) mass is 326 g/mol. The van der Waals surface area contributed by atoms with E-state index in [-0.39, 0.29) is 11.3 Å². The molecule has 0 spiro atoms. The number of hydrogen-bond acceptors (Lipinski definition) is 2. The number of thioether (sulfide) groups is 1. The summed E-state index contributed by atoms with van der Waals surface area (Å²) in [4.78, 5) is 11.0. The number of carbonyl (C=O) groups excluding carboxylic acids is 1. The van der Waals surface area contributed by atoms with Crippen LogP contribution in [-0.2, 0) is 11.0 Å². The van der Waals surface area contributed by atoms with Gasteiger partial charge < -0.3 is 0 Å². The minimum absolute atomic E-state index is 0.0307. The van der Waals surface area contributed by atoms with Crippen molar-refractivity contribution in [3.63, 3.8) is 0 Å². The van der Waals surface area contributed by atoms with Crippen molar-refractivity contribution in [3.05, 3.63) is 29.3 Å². The summed E-state index contributed by atoms with van der Waals surface area (Å²) < 4.78 is 38.3. The van der Waals surface area contributed by atoms with Crippen LogP contribution in [0.25, 0.3) is 0 Å². The summed E-state index contributed by atoms with van der Waals surface area (Å²) in [6.45, 7) is 1.26. The zero-order valence-corrected chi connectivity index (χ0v) is 11.5. The normalized spacial score (nSPS) is 13.5. The molecule has 94 valence electrons. The first-order valence-electron chi connectivity index (χ1n) is 4.67. The third kappa shape index (κ3) is 3.48. The van der Waals surface area contributed by atoms with Crippen LogP contribution >= 0.6 is 27.7 Å². The average molecular weight is 327 g/mol. The van der Waals surface area contributed by atoms with E-state index in [0.29, 0.717) is 4.90 Å². The highest BCUT2D eigenvalue weighted by Crippen LogP contribution is 2.39. The number of hydrogen-bond donors (Lipinski definition) is 0. The van der Waals surface area contributed by atoms with Gasteiger partial charge in [-0.25, -0.2) is 0 Å². The van der Waals surface area contributed by atoms with Crippen molar-refractivity contribution in [2.45, 2.75) is 22.8 Å². The standard InChI is InChI=1S/C11H10BrF3OS/c1-6(16)10(12)8-5-7(17-2)3-4-9(8)11(13,14)15/h3-5,10H,1-2H3. The quantitative estimate of drug-likeness (QED) is 0.603. The van der Waals surface area contributed by atoms with Crippen LogP contribution in [0.3, 0.4) is 0 Å². The molecule has 17 heavy (non-hydrogen) atoms. The Hall–Kier alpha value is -0.490. The van der Waals surface area contributed by atoms with Crippen LogP contribution in [0.2, 0.25) is 0 Å². The van der Waals surface area contributed by atoms with Crippen molar-refractivity contribution < 1.29 is 18.0 Å². The number of Topliss-reactive ketones (excluding diaryl/α,β-unsaturated/α-hetero) is 1. The Labute approximate surface area is 110 Å². The molecule has 0 aliphatic carbocycles. The minimum atomic E-state index is -4.45. The lowest BCUT2D eigenvalue weighted by atomic mass is 10.0. The summed E-state index contributed by atoms with van der Waals surface area (Å²) in [5.74, 6) is -0.353. The van der Waals surface area contributed by atoms with Crippen LogP contribution in [-0.4, -0.2) is 12.0 Å². The van der Waals surface area contributed by atoms with Gasteiger partial charge in [0.2, 0.25) is 0 Å². The van der Waals surface area contributed by atoms with E-state index in [1.54, 1.807) is 6.26 Å². The molecule has 0 fully saturated rings. The Bertz CT molecular complexity index is 431. The fourth-order valence-electron chi connectivity index (χ4n) is 1.35. The van der Waals surface area contributed by atoms with Gasteiger partial charge in [0.1, 0.15) is 5.78 Å². The highest BCUT2D eigenvalue weighted by Gasteiger charge is 2.35. The Balaban J connectivity index is 3.36. The Kier molecular flexibility index (Phi) is 4.66. The lowest BCUT2D eigenvalue weighted by Crippen LogP contribution is -2.13. The highest BCUT2D eigenvalue weighted by atomic mass is 79.9. The van der Waals surface area contributed by atoms with E-state index in [0.717, 1.165) is 6.07 Å². The number of carbonyl (C=O) groups is 1. The van der Waals surface area contributed by atoms with Gasteiger partial charge in [-0.3, -0.25) is 4.79 Å². The average Bonchev–Trinajstić information content (AvgIpc) is 2.25. The maximum absolute atomic E-state index is 12.8. The van der Waals surface area contributed by atoms with Crippen molar-refractivity contribution in [2.75, 3.05) is 6.26 Å². The summed E-state index contributed by atoms with van der Waals surface area (Å²) in [6.07, 6.45) is -2.68. The molecule has 1 rings (SSSR count). The topological polar surface area (TPSA) is 17.1 Å². The summed E-state index contributed by atoms with van der Waals surface area (Å²) in [6, 6.07) is 3.81. The van der Waals surface area contributed by atoms with E-state index in [1.807, 2.05) is 0 Å². The molecular formula is C11H10BrF3OS. The highest BCUT2D eigenvalue weighted by molar-refractivity contribution is 9.09. The maximum atomic E-state index is 12.8. The van der Waals surface area contributed by atoms with Crippen LogP contribution < -0.4 is 0 Å². The molecule has 1 atom stereocenters. The molecule has 1 aromatic carbocycles. The van der Waals surface area contributed by atoms with Gasteiger partial charge in [-0.05, 0) is 36.9 Å². The second-order valence-corrected chi connectivity index (χ2v) is 5.22. The predicted octanol–water partition coefficient (Wildman–Crippen LogP) is 4.45. The van der Waals surface area contributed by atoms with Gasteiger partial charge in [0.05, 0.1) is 10.4 Å². The number of alkyl halides is 4. The van der Waals surface area contributed by atoms with E-state index < -0.39 is 16.6 Å². The Morgan fingerprint density at radius 2 is 2.00 bits per heavy atom. The largest absolute Gasteiger partial charge is 0.416 e. The van der Waals surface area contributed by atoms with E-state index in [9.17, 15) is 18.0 Å². The Morgan fingerprint density at radius 1 is 1.41 bits per heavy atom. The van der Waals surface area contributed by atoms with Crippen molar-refractivity contribution in [1.82, 2.24) is 0 Å². The lowest BCUT2D eigenvalue weighted by Gasteiger charge is -2.16. The van der Waals surface area contributed by atoms with Crippen LogP contribution in [0, 0.1) is 0 Å². The molecule has 6 heteroatoms. The number of benzene rings is 1. The van der Waals surface area contributed by atoms with Crippen LogP contribution in [0.1, 0.15) is 22.9 Å². The predicted molar refractivity (Wildman–Crippen MR) is 65.6 cm³/mol. The zero-order valence-electron chi connectivity index (χ0n) is 9.14. The first-order valence-corrected chi connectivity index (χ1v) is 6.81. The van der Waals surface area contributed by atoms with Gasteiger partial charge in [-0.1, -0.05) is 15.9 Å². The van der Waals surface area contributed by atoms with Gasteiger partial charge >= 0.3 is 6.18 Å². The van der Waals surface area contributed by atoms with Crippen LogP contribution in [0.4, 0.5) is 13.2 Å².